The highest BCUT2D eigenvalue weighted by molar-refractivity contribution is 4.43. The summed E-state index contributed by atoms with van der Waals surface area (Å²) in [7, 11) is 0. The lowest BCUT2D eigenvalue weighted by Gasteiger charge is -2.04. The molecule has 4 nitrogen and oxygen atoms in total. The Morgan fingerprint density at radius 1 is 0.571 bits per heavy atom. The molecule has 0 bridgehead atoms. The van der Waals surface area contributed by atoms with Crippen LogP contribution in [-0.4, -0.2) is 39.5 Å². The van der Waals surface area contributed by atoms with Gasteiger partial charge in [-0.15, -0.1) is 0 Å². The summed E-state index contributed by atoms with van der Waals surface area (Å²) in [5.74, 6) is 0. The molecular weight excluding hydrogens is 180 g/mol. The minimum Gasteiger partial charge on any atom is -0.379 e. The average Bonchev–Trinajstić information content (AvgIpc) is 2.21. The van der Waals surface area contributed by atoms with E-state index in [9.17, 15) is 0 Å². The minimum absolute atomic E-state index is 0.582. The standard InChI is InChI=1S/C10H24N2O2/c11-5-3-1-2-4-7-13-9-10-14-8-6-12/h1-12H2. The summed E-state index contributed by atoms with van der Waals surface area (Å²) in [4.78, 5) is 0. The second-order valence-corrected chi connectivity index (χ2v) is 3.22. The van der Waals surface area contributed by atoms with Gasteiger partial charge >= 0.3 is 0 Å². The normalized spacial score (nSPS) is 10.7. The fourth-order valence-electron chi connectivity index (χ4n) is 1.11. The zero-order valence-electron chi connectivity index (χ0n) is 9.04. The highest BCUT2D eigenvalue weighted by atomic mass is 16.5. The van der Waals surface area contributed by atoms with Gasteiger partial charge in [0.25, 0.3) is 0 Å². The van der Waals surface area contributed by atoms with E-state index in [2.05, 4.69) is 0 Å². The van der Waals surface area contributed by atoms with E-state index < -0.39 is 0 Å². The van der Waals surface area contributed by atoms with Crippen LogP contribution in [0.25, 0.3) is 0 Å². The fraction of sp³-hybridized carbons (Fsp3) is 1.00. The summed E-state index contributed by atoms with van der Waals surface area (Å²) in [6.07, 6.45) is 4.67. The summed E-state index contributed by atoms with van der Waals surface area (Å²) in [5.41, 5.74) is 10.6. The smallest absolute Gasteiger partial charge is 0.0701 e. The van der Waals surface area contributed by atoms with Crippen molar-refractivity contribution in [2.45, 2.75) is 25.7 Å². The van der Waals surface area contributed by atoms with E-state index in [1.54, 1.807) is 0 Å². The largest absolute Gasteiger partial charge is 0.379 e. The van der Waals surface area contributed by atoms with Gasteiger partial charge in [0.15, 0.2) is 0 Å². The van der Waals surface area contributed by atoms with Crippen LogP contribution in [0.4, 0.5) is 0 Å². The highest BCUT2D eigenvalue weighted by Crippen LogP contribution is 1.98. The minimum atomic E-state index is 0.582. The maximum atomic E-state index is 5.38. The van der Waals surface area contributed by atoms with Crippen molar-refractivity contribution in [2.24, 2.45) is 11.5 Å². The van der Waals surface area contributed by atoms with Crippen LogP contribution in [0.2, 0.25) is 0 Å². The van der Waals surface area contributed by atoms with Crippen LogP contribution in [0.15, 0.2) is 0 Å². The summed E-state index contributed by atoms with van der Waals surface area (Å²) in [5, 5.41) is 0. The van der Waals surface area contributed by atoms with Gasteiger partial charge in [-0.25, -0.2) is 0 Å². The molecule has 0 aromatic heterocycles. The predicted octanol–water partition coefficient (Wildman–Crippen LogP) is 0.497. The SMILES string of the molecule is NCCCCCCOCCOCCN. The molecule has 86 valence electrons. The Bertz CT molecular complexity index is 90.1. The van der Waals surface area contributed by atoms with Gasteiger partial charge in [0.05, 0.1) is 19.8 Å². The predicted molar refractivity (Wildman–Crippen MR) is 58.2 cm³/mol. The molecule has 0 aliphatic rings. The van der Waals surface area contributed by atoms with Crippen LogP contribution in [0.5, 0.6) is 0 Å². The van der Waals surface area contributed by atoms with Gasteiger partial charge in [-0.1, -0.05) is 12.8 Å². The molecular formula is C10H24N2O2. The van der Waals surface area contributed by atoms with Crippen molar-refractivity contribution < 1.29 is 9.47 Å². The molecule has 0 heterocycles. The Morgan fingerprint density at radius 2 is 1.21 bits per heavy atom. The quantitative estimate of drug-likeness (QED) is 0.481. The van der Waals surface area contributed by atoms with Gasteiger partial charge in [0, 0.05) is 13.2 Å². The molecule has 0 aliphatic carbocycles. The van der Waals surface area contributed by atoms with Crippen molar-refractivity contribution in [3.8, 4) is 0 Å². The van der Waals surface area contributed by atoms with Crippen molar-refractivity contribution in [3.63, 3.8) is 0 Å². The molecule has 0 saturated heterocycles. The van der Waals surface area contributed by atoms with Crippen LogP contribution in [0.3, 0.4) is 0 Å². The Balaban J connectivity index is 2.78. The van der Waals surface area contributed by atoms with Gasteiger partial charge in [0.1, 0.15) is 0 Å². The molecule has 4 N–H and O–H groups in total. The third-order valence-corrected chi connectivity index (χ3v) is 1.88. The molecule has 0 aromatic rings. The fourth-order valence-corrected chi connectivity index (χ4v) is 1.11. The van der Waals surface area contributed by atoms with E-state index in [0.29, 0.717) is 26.4 Å². The molecule has 14 heavy (non-hydrogen) atoms. The summed E-state index contributed by atoms with van der Waals surface area (Å²) in [6, 6.07) is 0. The first-order valence-corrected chi connectivity index (χ1v) is 5.47. The lowest BCUT2D eigenvalue weighted by atomic mass is 10.2. The molecule has 0 fully saturated rings. The van der Waals surface area contributed by atoms with E-state index in [0.717, 1.165) is 26.0 Å². The number of ether oxygens (including phenoxy) is 2. The molecule has 4 heteroatoms. The second kappa shape index (κ2) is 12.8. The molecule has 0 aliphatic heterocycles. The third-order valence-electron chi connectivity index (χ3n) is 1.88. The van der Waals surface area contributed by atoms with E-state index in [4.69, 9.17) is 20.9 Å². The lowest BCUT2D eigenvalue weighted by molar-refractivity contribution is 0.0492. The number of unbranched alkanes of at least 4 members (excludes halogenated alkanes) is 3. The summed E-state index contributed by atoms with van der Waals surface area (Å²) < 4.78 is 10.5. The van der Waals surface area contributed by atoms with Gasteiger partial charge < -0.3 is 20.9 Å². The monoisotopic (exact) mass is 204 g/mol. The van der Waals surface area contributed by atoms with Gasteiger partial charge in [-0.2, -0.15) is 0 Å². The molecule has 0 radical (unpaired) electrons. The van der Waals surface area contributed by atoms with Gasteiger partial charge in [-0.3, -0.25) is 0 Å². The molecule has 0 aromatic carbocycles. The van der Waals surface area contributed by atoms with E-state index in [1.165, 1.54) is 12.8 Å². The van der Waals surface area contributed by atoms with Crippen molar-refractivity contribution in [1.29, 1.82) is 0 Å². The topological polar surface area (TPSA) is 70.5 Å². The van der Waals surface area contributed by atoms with Crippen LogP contribution >= 0.6 is 0 Å². The van der Waals surface area contributed by atoms with E-state index in [1.807, 2.05) is 0 Å². The maximum Gasteiger partial charge on any atom is 0.0701 e. The van der Waals surface area contributed by atoms with Gasteiger partial charge in [-0.05, 0) is 19.4 Å². The Kier molecular flexibility index (Phi) is 12.7. The third kappa shape index (κ3) is 11.8. The zero-order valence-corrected chi connectivity index (χ0v) is 9.04. The van der Waals surface area contributed by atoms with Crippen LogP contribution < -0.4 is 11.5 Å². The van der Waals surface area contributed by atoms with Crippen LogP contribution in [0, 0.1) is 0 Å². The van der Waals surface area contributed by atoms with Crippen molar-refractivity contribution >= 4 is 0 Å². The van der Waals surface area contributed by atoms with E-state index >= 15 is 0 Å². The Morgan fingerprint density at radius 3 is 1.86 bits per heavy atom. The van der Waals surface area contributed by atoms with Gasteiger partial charge in [0.2, 0.25) is 0 Å². The molecule has 0 spiro atoms. The molecule has 0 saturated carbocycles. The van der Waals surface area contributed by atoms with E-state index in [-0.39, 0.29) is 0 Å². The lowest BCUT2D eigenvalue weighted by Crippen LogP contribution is -2.12. The molecule has 0 atom stereocenters. The number of hydrogen-bond acceptors (Lipinski definition) is 4. The Hall–Kier alpha value is -0.160. The highest BCUT2D eigenvalue weighted by Gasteiger charge is 1.90. The number of hydrogen-bond donors (Lipinski definition) is 2. The second-order valence-electron chi connectivity index (χ2n) is 3.22. The van der Waals surface area contributed by atoms with Crippen molar-refractivity contribution in [1.82, 2.24) is 0 Å². The first kappa shape index (κ1) is 13.8. The van der Waals surface area contributed by atoms with Crippen LogP contribution in [0.1, 0.15) is 25.7 Å². The van der Waals surface area contributed by atoms with Crippen molar-refractivity contribution in [2.75, 3.05) is 39.5 Å². The summed E-state index contributed by atoms with van der Waals surface area (Å²) in [6.45, 7) is 4.17. The first-order valence-electron chi connectivity index (χ1n) is 5.47. The average molecular weight is 204 g/mol. The number of nitrogens with two attached hydrogens (primary N) is 2. The van der Waals surface area contributed by atoms with Crippen LogP contribution in [-0.2, 0) is 9.47 Å². The molecule has 0 unspecified atom stereocenters. The number of rotatable bonds is 11. The Labute approximate surface area is 86.9 Å². The zero-order chi connectivity index (χ0) is 10.5. The summed E-state index contributed by atoms with van der Waals surface area (Å²) >= 11 is 0. The molecule has 0 amide bonds. The molecule has 0 rings (SSSR count). The first-order chi connectivity index (χ1) is 6.91. The maximum absolute atomic E-state index is 5.38. The van der Waals surface area contributed by atoms with Crippen molar-refractivity contribution in [3.05, 3.63) is 0 Å².